The van der Waals surface area contributed by atoms with E-state index in [1.165, 1.54) is 4.90 Å². The minimum Gasteiger partial charge on any atom is -0.872 e. The van der Waals surface area contributed by atoms with Crippen molar-refractivity contribution < 1.29 is 24.0 Å². The number of halogens is 1. The molecule has 6 heteroatoms. The summed E-state index contributed by atoms with van der Waals surface area (Å²) in [4.78, 5) is 14.5. The number of ketones is 1. The van der Waals surface area contributed by atoms with Gasteiger partial charge in [-0.3, -0.25) is 4.79 Å². The molecule has 0 bridgehead atoms. The second kappa shape index (κ2) is 7.84. The summed E-state index contributed by atoms with van der Waals surface area (Å²) in [5.74, 6) is 1.66. The molecule has 0 amide bonds. The fourth-order valence-electron chi connectivity index (χ4n) is 4.57. The number of hydrogen-bond donors (Lipinski definition) is 1. The average Bonchev–Trinajstić information content (AvgIpc) is 3.27. The number of Topliss-reactive ketones (excluding diaryl/α,β-unsaturated/α-hetero) is 1. The molecule has 0 saturated carbocycles. The van der Waals surface area contributed by atoms with Gasteiger partial charge in [-0.25, -0.2) is 0 Å². The number of fused-ring (bicyclic) bond motifs is 2. The molecular weight excluding hydrogens is 458 g/mol. The van der Waals surface area contributed by atoms with Gasteiger partial charge in [-0.05, 0) is 55.5 Å². The third kappa shape index (κ3) is 3.79. The molecule has 3 heterocycles. The standard InChI is InChI=1S/C25H24BrNO4/c1-14-5-7-27(8-6-14)13-19-20(28)9-15(2)23-24(29)22(31-25(19)23)12-18-11-16-10-17(26)3-4-21(16)30-18/h3-4,9-12,14,28H,5-8,13H2,1-2H3. The fraction of sp³-hybridized carbons (Fsp3) is 0.320. The van der Waals surface area contributed by atoms with Crippen molar-refractivity contribution >= 4 is 38.8 Å². The van der Waals surface area contributed by atoms with E-state index < -0.39 is 0 Å². The molecule has 0 unspecified atom stereocenters. The molecular formula is C25H24BrNO4. The number of aryl methyl sites for hydroxylation is 1. The molecule has 0 spiro atoms. The van der Waals surface area contributed by atoms with Gasteiger partial charge in [-0.15, -0.1) is 0 Å². The van der Waals surface area contributed by atoms with E-state index in [4.69, 9.17) is 9.15 Å². The molecule has 2 aliphatic rings. The Kier molecular flexibility index (Phi) is 5.15. The molecule has 31 heavy (non-hydrogen) atoms. The van der Waals surface area contributed by atoms with E-state index in [1.807, 2.05) is 24.3 Å². The minimum absolute atomic E-state index is 0.0509. The van der Waals surface area contributed by atoms with E-state index >= 15 is 0 Å². The Morgan fingerprint density at radius 3 is 2.77 bits per heavy atom. The summed E-state index contributed by atoms with van der Waals surface area (Å²) in [6, 6.07) is 9.19. The number of piperidine rings is 1. The van der Waals surface area contributed by atoms with Crippen LogP contribution in [0.4, 0.5) is 0 Å². The van der Waals surface area contributed by atoms with Gasteiger partial charge in [0.2, 0.25) is 5.78 Å². The van der Waals surface area contributed by atoms with Crippen LogP contribution in [-0.4, -0.2) is 18.9 Å². The fourth-order valence-corrected chi connectivity index (χ4v) is 4.95. The van der Waals surface area contributed by atoms with E-state index in [9.17, 15) is 9.90 Å². The van der Waals surface area contributed by atoms with Gasteiger partial charge >= 0.3 is 0 Å². The Hall–Kier alpha value is -2.57. The number of allylic oxidation sites excluding steroid dienone is 1. The van der Waals surface area contributed by atoms with Gasteiger partial charge in [0, 0.05) is 21.5 Å². The van der Waals surface area contributed by atoms with Crippen molar-refractivity contribution in [2.75, 3.05) is 13.1 Å². The molecule has 2 aromatic carbocycles. The number of hydrogen-bond acceptors (Lipinski definition) is 4. The SMILES string of the molecule is Cc1cc([O-])c(C[NH+]2CCC(C)CC2)c2c1C(=O)C(=Cc1cc3cc(Br)ccc3o1)O2. The Labute approximate surface area is 189 Å². The molecule has 0 atom stereocenters. The van der Waals surface area contributed by atoms with E-state index in [-0.39, 0.29) is 17.3 Å². The summed E-state index contributed by atoms with van der Waals surface area (Å²) in [5, 5.41) is 13.7. The van der Waals surface area contributed by atoms with Crippen LogP contribution >= 0.6 is 15.9 Å². The third-order valence-corrected chi connectivity index (χ3v) is 6.88. The summed E-state index contributed by atoms with van der Waals surface area (Å²) in [7, 11) is 0. The first kappa shape index (κ1) is 20.3. The van der Waals surface area contributed by atoms with Crippen LogP contribution in [-0.2, 0) is 6.54 Å². The molecule has 1 aromatic heterocycles. The maximum absolute atomic E-state index is 13.1. The zero-order valence-electron chi connectivity index (χ0n) is 17.6. The van der Waals surface area contributed by atoms with Gasteiger partial charge in [0.15, 0.2) is 5.76 Å². The molecule has 1 saturated heterocycles. The number of furan rings is 1. The van der Waals surface area contributed by atoms with Gasteiger partial charge in [-0.2, -0.15) is 0 Å². The lowest BCUT2D eigenvalue weighted by Gasteiger charge is -2.29. The molecule has 160 valence electrons. The normalized spacial score (nSPS) is 22.2. The summed E-state index contributed by atoms with van der Waals surface area (Å²) in [6.45, 7) is 6.73. The summed E-state index contributed by atoms with van der Waals surface area (Å²) in [5.41, 5.74) is 2.51. The molecule has 0 aliphatic carbocycles. The van der Waals surface area contributed by atoms with Gasteiger partial charge in [0.1, 0.15) is 23.6 Å². The van der Waals surface area contributed by atoms with Crippen molar-refractivity contribution in [1.82, 2.24) is 0 Å². The van der Waals surface area contributed by atoms with E-state index in [1.54, 1.807) is 19.1 Å². The molecule has 0 radical (unpaired) electrons. The first-order valence-electron chi connectivity index (χ1n) is 10.7. The Morgan fingerprint density at radius 1 is 1.23 bits per heavy atom. The van der Waals surface area contributed by atoms with Crippen LogP contribution in [0.3, 0.4) is 0 Å². The van der Waals surface area contributed by atoms with Gasteiger partial charge in [0.05, 0.1) is 18.7 Å². The first-order chi connectivity index (χ1) is 14.9. The number of carbonyl (C=O) groups excluding carboxylic acids is 1. The van der Waals surface area contributed by atoms with E-state index in [0.717, 1.165) is 47.3 Å². The van der Waals surface area contributed by atoms with Crippen LogP contribution < -0.4 is 14.7 Å². The lowest BCUT2D eigenvalue weighted by Crippen LogP contribution is -3.11. The van der Waals surface area contributed by atoms with Crippen molar-refractivity contribution in [2.45, 2.75) is 33.2 Å². The molecule has 3 aromatic rings. The summed E-state index contributed by atoms with van der Waals surface area (Å²) >= 11 is 3.46. The van der Waals surface area contributed by atoms with Gasteiger partial charge in [-0.1, -0.05) is 34.7 Å². The van der Waals surface area contributed by atoms with Crippen LogP contribution in [0.2, 0.25) is 0 Å². The topological polar surface area (TPSA) is 66.9 Å². The Bertz CT molecular complexity index is 1220. The molecule has 1 N–H and O–H groups in total. The zero-order chi connectivity index (χ0) is 21.7. The summed E-state index contributed by atoms with van der Waals surface area (Å²) < 4.78 is 12.8. The van der Waals surface area contributed by atoms with Crippen LogP contribution in [0.15, 0.2) is 45.0 Å². The molecule has 5 nitrogen and oxygen atoms in total. The summed E-state index contributed by atoms with van der Waals surface area (Å²) in [6.07, 6.45) is 3.94. The number of quaternary nitrogens is 1. The van der Waals surface area contributed by atoms with Crippen molar-refractivity contribution in [1.29, 1.82) is 0 Å². The number of benzene rings is 2. The lowest BCUT2D eigenvalue weighted by atomic mass is 9.96. The molecule has 5 rings (SSSR count). The van der Waals surface area contributed by atoms with Crippen molar-refractivity contribution in [2.24, 2.45) is 5.92 Å². The van der Waals surface area contributed by atoms with Crippen molar-refractivity contribution in [3.05, 3.63) is 63.0 Å². The highest BCUT2D eigenvalue weighted by molar-refractivity contribution is 9.10. The quantitative estimate of drug-likeness (QED) is 0.573. The largest absolute Gasteiger partial charge is 0.872 e. The van der Waals surface area contributed by atoms with Crippen LogP contribution in [0.1, 0.15) is 47.0 Å². The Morgan fingerprint density at radius 2 is 2.00 bits per heavy atom. The second-order valence-electron chi connectivity index (χ2n) is 8.75. The second-order valence-corrected chi connectivity index (χ2v) is 9.67. The highest BCUT2D eigenvalue weighted by Gasteiger charge is 2.33. The van der Waals surface area contributed by atoms with E-state index in [0.29, 0.717) is 34.7 Å². The van der Waals surface area contributed by atoms with Crippen LogP contribution in [0.25, 0.3) is 17.0 Å². The van der Waals surface area contributed by atoms with Crippen molar-refractivity contribution in [3.63, 3.8) is 0 Å². The maximum Gasteiger partial charge on any atom is 0.232 e. The number of ether oxygens (including phenoxy) is 1. The van der Waals surface area contributed by atoms with Gasteiger partial charge in [0.25, 0.3) is 0 Å². The van der Waals surface area contributed by atoms with Crippen LogP contribution in [0.5, 0.6) is 11.5 Å². The smallest absolute Gasteiger partial charge is 0.232 e. The lowest BCUT2D eigenvalue weighted by molar-refractivity contribution is -0.919. The first-order valence-corrected chi connectivity index (χ1v) is 11.5. The molecule has 2 aliphatic heterocycles. The number of nitrogens with one attached hydrogen (secondary N) is 1. The zero-order valence-corrected chi connectivity index (χ0v) is 19.2. The monoisotopic (exact) mass is 481 g/mol. The number of likely N-dealkylation sites (tertiary alicyclic amines) is 1. The Balaban J connectivity index is 1.49. The predicted molar refractivity (Wildman–Crippen MR) is 120 cm³/mol. The third-order valence-electron chi connectivity index (χ3n) is 6.38. The van der Waals surface area contributed by atoms with Crippen molar-refractivity contribution in [3.8, 4) is 11.5 Å². The number of carbonyl (C=O) groups is 1. The predicted octanol–water partition coefficient (Wildman–Crippen LogP) is 4.01. The minimum atomic E-state index is -0.197. The van der Waals surface area contributed by atoms with Gasteiger partial charge < -0.3 is 19.2 Å². The highest BCUT2D eigenvalue weighted by atomic mass is 79.9. The average molecular weight is 482 g/mol. The number of rotatable bonds is 3. The highest BCUT2D eigenvalue weighted by Crippen LogP contribution is 2.41. The van der Waals surface area contributed by atoms with Crippen LogP contribution in [0, 0.1) is 12.8 Å². The maximum atomic E-state index is 13.1. The van der Waals surface area contributed by atoms with E-state index in [2.05, 4.69) is 22.9 Å². The molecule has 1 fully saturated rings.